The molecule has 1 unspecified atom stereocenters. The second kappa shape index (κ2) is 5.94. The van der Waals surface area contributed by atoms with E-state index in [1.807, 2.05) is 44.3 Å². The van der Waals surface area contributed by atoms with Gasteiger partial charge in [0.25, 0.3) is 5.91 Å². The predicted molar refractivity (Wildman–Crippen MR) is 86.0 cm³/mol. The normalized spacial score (nSPS) is 17.1. The lowest BCUT2D eigenvalue weighted by atomic mass is 9.92. The summed E-state index contributed by atoms with van der Waals surface area (Å²) in [4.78, 5) is 14.2. The zero-order valence-corrected chi connectivity index (χ0v) is 12.8. The zero-order chi connectivity index (χ0) is 15.7. The average Bonchev–Trinajstić information content (AvgIpc) is 2.55. The summed E-state index contributed by atoms with van der Waals surface area (Å²) in [6.45, 7) is 3.29. The van der Waals surface area contributed by atoms with Crippen LogP contribution in [-0.2, 0) is 4.74 Å². The van der Waals surface area contributed by atoms with Gasteiger partial charge in [-0.15, -0.1) is 0 Å². The first-order valence-electron chi connectivity index (χ1n) is 7.49. The summed E-state index contributed by atoms with van der Waals surface area (Å²) in [5.74, 6) is -0.154. The molecule has 1 heterocycles. The molecule has 5 nitrogen and oxygen atoms in total. The highest BCUT2D eigenvalue weighted by Crippen LogP contribution is 2.38. The fourth-order valence-corrected chi connectivity index (χ4v) is 3.01. The van der Waals surface area contributed by atoms with Gasteiger partial charge in [-0.1, -0.05) is 18.2 Å². The van der Waals surface area contributed by atoms with E-state index >= 15 is 0 Å². The number of carbonyl (C=O) groups excluding carboxylic acids is 1. The highest BCUT2D eigenvalue weighted by Gasteiger charge is 2.32. The largest absolute Gasteiger partial charge is 0.388 e. The van der Waals surface area contributed by atoms with Crippen LogP contribution in [0, 0.1) is 0 Å². The van der Waals surface area contributed by atoms with Crippen molar-refractivity contribution in [2.24, 2.45) is 0 Å². The summed E-state index contributed by atoms with van der Waals surface area (Å²) < 4.78 is 5.32. The van der Waals surface area contributed by atoms with Gasteiger partial charge < -0.3 is 20.1 Å². The van der Waals surface area contributed by atoms with Crippen molar-refractivity contribution < 1.29 is 14.6 Å². The quantitative estimate of drug-likeness (QED) is 0.832. The maximum atomic E-state index is 12.7. The molecule has 0 aliphatic carbocycles. The molecular formula is C17H20N2O3. The Labute approximate surface area is 129 Å². The van der Waals surface area contributed by atoms with E-state index in [9.17, 15) is 9.90 Å². The summed E-state index contributed by atoms with van der Waals surface area (Å²) in [5, 5.41) is 15.5. The predicted octanol–water partition coefficient (Wildman–Crippen LogP) is 2.36. The van der Waals surface area contributed by atoms with Gasteiger partial charge in [0.1, 0.15) is 0 Å². The van der Waals surface area contributed by atoms with Crippen molar-refractivity contribution >= 4 is 22.4 Å². The minimum atomic E-state index is -0.934. The van der Waals surface area contributed by atoms with E-state index in [2.05, 4.69) is 5.32 Å². The van der Waals surface area contributed by atoms with Crippen LogP contribution in [0.1, 0.15) is 29.1 Å². The van der Waals surface area contributed by atoms with Gasteiger partial charge in [-0.2, -0.15) is 0 Å². The molecule has 1 aliphatic heterocycles. The molecule has 0 spiro atoms. The first-order valence-corrected chi connectivity index (χ1v) is 7.49. The lowest BCUT2D eigenvalue weighted by Gasteiger charge is -2.34. The molecule has 3 rings (SSSR count). The SMILES string of the molecule is CCOCCN1C(=O)c2ccc(NC)c3cccc(c23)C1O. The molecule has 1 aliphatic rings. The monoisotopic (exact) mass is 300 g/mol. The lowest BCUT2D eigenvalue weighted by molar-refractivity contribution is -0.00779. The van der Waals surface area contributed by atoms with Crippen LogP contribution in [0.3, 0.4) is 0 Å². The molecule has 0 fully saturated rings. The molecule has 2 N–H and O–H groups in total. The molecule has 22 heavy (non-hydrogen) atoms. The number of rotatable bonds is 5. The van der Waals surface area contributed by atoms with Crippen LogP contribution >= 0.6 is 0 Å². The topological polar surface area (TPSA) is 61.8 Å². The van der Waals surface area contributed by atoms with Crippen molar-refractivity contribution in [3.63, 3.8) is 0 Å². The number of carbonyl (C=O) groups is 1. The Balaban J connectivity index is 2.09. The smallest absolute Gasteiger partial charge is 0.256 e. The van der Waals surface area contributed by atoms with E-state index in [0.717, 1.165) is 22.0 Å². The van der Waals surface area contributed by atoms with E-state index in [-0.39, 0.29) is 5.91 Å². The van der Waals surface area contributed by atoms with Gasteiger partial charge in [0, 0.05) is 47.8 Å². The van der Waals surface area contributed by atoms with Crippen LogP contribution in [0.15, 0.2) is 30.3 Å². The van der Waals surface area contributed by atoms with Gasteiger partial charge in [-0.25, -0.2) is 0 Å². The maximum absolute atomic E-state index is 12.7. The van der Waals surface area contributed by atoms with Crippen molar-refractivity contribution in [3.8, 4) is 0 Å². The number of amides is 1. The van der Waals surface area contributed by atoms with Crippen LogP contribution in [-0.4, -0.2) is 42.7 Å². The number of hydrogen-bond acceptors (Lipinski definition) is 4. The zero-order valence-electron chi connectivity index (χ0n) is 12.8. The molecule has 2 aromatic rings. The molecule has 2 aromatic carbocycles. The number of nitrogens with zero attached hydrogens (tertiary/aromatic N) is 1. The standard InChI is InChI=1S/C17H20N2O3/c1-3-22-10-9-19-16(20)12-6-4-5-11-14(18-2)8-7-13(15(11)12)17(19)21/h4-8,16,18,20H,3,9-10H2,1-2H3. The lowest BCUT2D eigenvalue weighted by Crippen LogP contribution is -2.40. The third-order valence-electron chi connectivity index (χ3n) is 4.09. The second-order valence-electron chi connectivity index (χ2n) is 5.25. The molecule has 1 atom stereocenters. The van der Waals surface area contributed by atoms with Crippen LogP contribution in [0.2, 0.25) is 0 Å². The van der Waals surface area contributed by atoms with E-state index in [0.29, 0.717) is 25.3 Å². The Hall–Kier alpha value is -2.11. The summed E-state index contributed by atoms with van der Waals surface area (Å²) in [6.07, 6.45) is -0.934. The van der Waals surface area contributed by atoms with Crippen molar-refractivity contribution in [2.45, 2.75) is 13.2 Å². The number of nitrogens with one attached hydrogen (secondary N) is 1. The maximum Gasteiger partial charge on any atom is 0.256 e. The van der Waals surface area contributed by atoms with E-state index in [1.165, 1.54) is 4.90 Å². The molecule has 0 saturated carbocycles. The number of hydrogen-bond donors (Lipinski definition) is 2. The average molecular weight is 300 g/mol. The minimum Gasteiger partial charge on any atom is -0.388 e. The molecule has 0 saturated heterocycles. The van der Waals surface area contributed by atoms with E-state index in [4.69, 9.17) is 4.74 Å². The Morgan fingerprint density at radius 3 is 2.86 bits per heavy atom. The number of aliphatic hydroxyl groups is 1. The number of anilines is 1. The van der Waals surface area contributed by atoms with Crippen LogP contribution < -0.4 is 5.32 Å². The van der Waals surface area contributed by atoms with Gasteiger partial charge >= 0.3 is 0 Å². The Morgan fingerprint density at radius 1 is 1.32 bits per heavy atom. The third-order valence-corrected chi connectivity index (χ3v) is 4.09. The Bertz CT molecular complexity index is 714. The Morgan fingerprint density at radius 2 is 2.14 bits per heavy atom. The number of aliphatic hydroxyl groups excluding tert-OH is 1. The molecule has 5 heteroatoms. The molecular weight excluding hydrogens is 280 g/mol. The summed E-state index contributed by atoms with van der Waals surface area (Å²) in [7, 11) is 1.85. The first kappa shape index (κ1) is 14.8. The van der Waals surface area contributed by atoms with Crippen molar-refractivity contribution in [1.82, 2.24) is 4.90 Å². The van der Waals surface area contributed by atoms with Crippen LogP contribution in [0.5, 0.6) is 0 Å². The van der Waals surface area contributed by atoms with E-state index < -0.39 is 6.23 Å². The minimum absolute atomic E-state index is 0.154. The third kappa shape index (κ3) is 2.23. The summed E-state index contributed by atoms with van der Waals surface area (Å²) in [5.41, 5.74) is 2.34. The highest BCUT2D eigenvalue weighted by atomic mass is 16.5. The Kier molecular flexibility index (Phi) is 4.00. The van der Waals surface area contributed by atoms with Crippen molar-refractivity contribution in [1.29, 1.82) is 0 Å². The fourth-order valence-electron chi connectivity index (χ4n) is 3.01. The molecule has 0 aromatic heterocycles. The second-order valence-corrected chi connectivity index (χ2v) is 5.25. The number of benzene rings is 2. The summed E-state index contributed by atoms with van der Waals surface area (Å²) >= 11 is 0. The van der Waals surface area contributed by atoms with Gasteiger partial charge in [0.15, 0.2) is 6.23 Å². The van der Waals surface area contributed by atoms with E-state index in [1.54, 1.807) is 0 Å². The molecule has 0 bridgehead atoms. The van der Waals surface area contributed by atoms with Crippen LogP contribution in [0.4, 0.5) is 5.69 Å². The summed E-state index contributed by atoms with van der Waals surface area (Å²) in [6, 6.07) is 9.46. The van der Waals surface area contributed by atoms with Gasteiger partial charge in [-0.05, 0) is 19.1 Å². The first-order chi connectivity index (χ1) is 10.7. The van der Waals surface area contributed by atoms with Gasteiger partial charge in [0.05, 0.1) is 6.61 Å². The van der Waals surface area contributed by atoms with Gasteiger partial charge in [0.2, 0.25) is 0 Å². The number of ether oxygens (including phenoxy) is 1. The van der Waals surface area contributed by atoms with Crippen molar-refractivity contribution in [3.05, 3.63) is 41.5 Å². The van der Waals surface area contributed by atoms with Crippen molar-refractivity contribution in [2.75, 3.05) is 32.1 Å². The molecule has 1 amide bonds. The fraction of sp³-hybridized carbons (Fsp3) is 0.353. The molecule has 116 valence electrons. The highest BCUT2D eigenvalue weighted by molar-refractivity contribution is 6.13. The van der Waals surface area contributed by atoms with Gasteiger partial charge in [-0.3, -0.25) is 4.79 Å². The van der Waals surface area contributed by atoms with Crippen LogP contribution in [0.25, 0.3) is 10.8 Å². The molecule has 0 radical (unpaired) electrons.